The Kier molecular flexibility index (Phi) is 6.11. The molecule has 0 saturated carbocycles. The second-order valence-electron chi connectivity index (χ2n) is 4.15. The smallest absolute Gasteiger partial charge is 0.232 e. The predicted octanol–water partition coefficient (Wildman–Crippen LogP) is 2.50. The number of aryl methyl sites for hydroxylation is 1. The van der Waals surface area contributed by atoms with Crippen LogP contribution in [0.5, 0.6) is 0 Å². The first-order valence-corrected chi connectivity index (χ1v) is 8.36. The van der Waals surface area contributed by atoms with E-state index in [0.717, 1.165) is 23.1 Å². The fraction of sp³-hybridized carbons (Fsp3) is 0.500. The van der Waals surface area contributed by atoms with Gasteiger partial charge in [0.15, 0.2) is 0 Å². The standard InChI is InChI=1S/C12H19BrN2O2S/c1-3-14-5-4-6-18(16,17)15-12-8-10(2)7-11(13)9-12/h7-9,14-15H,3-6H2,1-2H3. The van der Waals surface area contributed by atoms with Gasteiger partial charge >= 0.3 is 0 Å². The molecule has 2 N–H and O–H groups in total. The third-order valence-corrected chi connectivity index (χ3v) is 4.16. The van der Waals surface area contributed by atoms with Crippen molar-refractivity contribution in [2.75, 3.05) is 23.6 Å². The van der Waals surface area contributed by atoms with Crippen LogP contribution in [0.2, 0.25) is 0 Å². The molecule has 0 fully saturated rings. The molecule has 18 heavy (non-hydrogen) atoms. The summed E-state index contributed by atoms with van der Waals surface area (Å²) in [6, 6.07) is 5.50. The number of nitrogens with one attached hydrogen (secondary N) is 2. The van der Waals surface area contributed by atoms with Crippen molar-refractivity contribution < 1.29 is 8.42 Å². The van der Waals surface area contributed by atoms with Crippen LogP contribution in [0.25, 0.3) is 0 Å². The Morgan fingerprint density at radius 2 is 2.00 bits per heavy atom. The molecular weight excluding hydrogens is 316 g/mol. The average molecular weight is 335 g/mol. The number of halogens is 1. The van der Waals surface area contributed by atoms with E-state index in [1.165, 1.54) is 0 Å². The maximum absolute atomic E-state index is 11.8. The van der Waals surface area contributed by atoms with E-state index >= 15 is 0 Å². The number of hydrogen-bond acceptors (Lipinski definition) is 3. The van der Waals surface area contributed by atoms with E-state index < -0.39 is 10.0 Å². The van der Waals surface area contributed by atoms with Gasteiger partial charge in [-0.05, 0) is 50.2 Å². The molecule has 0 aromatic heterocycles. The number of hydrogen-bond donors (Lipinski definition) is 2. The van der Waals surface area contributed by atoms with E-state index in [1.54, 1.807) is 6.07 Å². The van der Waals surface area contributed by atoms with Crippen molar-refractivity contribution in [3.05, 3.63) is 28.2 Å². The van der Waals surface area contributed by atoms with Crippen LogP contribution in [0.1, 0.15) is 18.9 Å². The third kappa shape index (κ3) is 5.84. The quantitative estimate of drug-likeness (QED) is 0.753. The van der Waals surface area contributed by atoms with Gasteiger partial charge < -0.3 is 5.32 Å². The number of sulfonamides is 1. The minimum atomic E-state index is -3.26. The summed E-state index contributed by atoms with van der Waals surface area (Å²) in [6.45, 7) is 5.50. The Balaban J connectivity index is 2.59. The first-order valence-electron chi connectivity index (χ1n) is 5.91. The normalized spacial score (nSPS) is 11.5. The zero-order chi connectivity index (χ0) is 13.6. The molecule has 0 heterocycles. The van der Waals surface area contributed by atoms with E-state index in [4.69, 9.17) is 0 Å². The monoisotopic (exact) mass is 334 g/mol. The fourth-order valence-electron chi connectivity index (χ4n) is 1.59. The molecule has 0 saturated heterocycles. The highest BCUT2D eigenvalue weighted by Gasteiger charge is 2.10. The summed E-state index contributed by atoms with van der Waals surface area (Å²) < 4.78 is 27.1. The van der Waals surface area contributed by atoms with Gasteiger partial charge in [-0.2, -0.15) is 0 Å². The highest BCUT2D eigenvalue weighted by atomic mass is 79.9. The van der Waals surface area contributed by atoms with E-state index in [0.29, 0.717) is 12.1 Å². The summed E-state index contributed by atoms with van der Waals surface area (Å²) in [5.74, 6) is 0.131. The van der Waals surface area contributed by atoms with Crippen LogP contribution in [-0.4, -0.2) is 27.3 Å². The summed E-state index contributed by atoms with van der Waals surface area (Å²) in [5.41, 5.74) is 1.61. The maximum atomic E-state index is 11.8. The van der Waals surface area contributed by atoms with Crippen molar-refractivity contribution in [3.63, 3.8) is 0 Å². The Hall–Kier alpha value is -0.590. The first-order chi connectivity index (χ1) is 8.43. The summed E-state index contributed by atoms with van der Waals surface area (Å²) >= 11 is 3.35. The average Bonchev–Trinajstić information content (AvgIpc) is 2.22. The largest absolute Gasteiger partial charge is 0.317 e. The van der Waals surface area contributed by atoms with Gasteiger partial charge in [-0.1, -0.05) is 22.9 Å². The number of rotatable bonds is 7. The van der Waals surface area contributed by atoms with Crippen LogP contribution < -0.4 is 10.0 Å². The maximum Gasteiger partial charge on any atom is 0.232 e. The zero-order valence-corrected chi connectivity index (χ0v) is 13.1. The lowest BCUT2D eigenvalue weighted by Gasteiger charge is -2.09. The van der Waals surface area contributed by atoms with Crippen LogP contribution in [0.15, 0.2) is 22.7 Å². The van der Waals surface area contributed by atoms with Gasteiger partial charge in [0, 0.05) is 10.2 Å². The van der Waals surface area contributed by atoms with Crippen LogP contribution in [-0.2, 0) is 10.0 Å². The van der Waals surface area contributed by atoms with Gasteiger partial charge in [0.05, 0.1) is 5.75 Å². The lowest BCUT2D eigenvalue weighted by atomic mass is 10.2. The molecule has 1 aromatic rings. The SMILES string of the molecule is CCNCCCS(=O)(=O)Nc1cc(C)cc(Br)c1. The van der Waals surface area contributed by atoms with Crippen molar-refractivity contribution in [2.45, 2.75) is 20.3 Å². The highest BCUT2D eigenvalue weighted by molar-refractivity contribution is 9.10. The minimum absolute atomic E-state index is 0.131. The topological polar surface area (TPSA) is 58.2 Å². The second-order valence-corrected chi connectivity index (χ2v) is 6.90. The molecule has 0 unspecified atom stereocenters. The summed E-state index contributed by atoms with van der Waals surface area (Å²) in [5, 5.41) is 3.10. The molecular formula is C12H19BrN2O2S. The van der Waals surface area contributed by atoms with Crippen LogP contribution in [0, 0.1) is 6.92 Å². The summed E-state index contributed by atoms with van der Waals surface area (Å²) in [4.78, 5) is 0. The molecule has 0 spiro atoms. The predicted molar refractivity (Wildman–Crippen MR) is 79.4 cm³/mol. The van der Waals surface area contributed by atoms with E-state index in [1.807, 2.05) is 26.0 Å². The Morgan fingerprint density at radius 1 is 1.28 bits per heavy atom. The van der Waals surface area contributed by atoms with E-state index in [2.05, 4.69) is 26.0 Å². The van der Waals surface area contributed by atoms with Crippen LogP contribution >= 0.6 is 15.9 Å². The molecule has 0 radical (unpaired) electrons. The van der Waals surface area contributed by atoms with Crippen molar-refractivity contribution >= 4 is 31.6 Å². The molecule has 0 aliphatic heterocycles. The van der Waals surface area contributed by atoms with Gasteiger partial charge in [-0.25, -0.2) is 8.42 Å². The molecule has 1 aromatic carbocycles. The Morgan fingerprint density at radius 3 is 2.61 bits per heavy atom. The summed E-state index contributed by atoms with van der Waals surface area (Å²) in [6.07, 6.45) is 0.607. The van der Waals surface area contributed by atoms with Crippen LogP contribution in [0.3, 0.4) is 0 Å². The molecule has 0 amide bonds. The molecule has 0 aliphatic rings. The van der Waals surface area contributed by atoms with Crippen molar-refractivity contribution in [3.8, 4) is 0 Å². The summed E-state index contributed by atoms with van der Waals surface area (Å²) in [7, 11) is -3.26. The molecule has 4 nitrogen and oxygen atoms in total. The lowest BCUT2D eigenvalue weighted by molar-refractivity contribution is 0.595. The van der Waals surface area contributed by atoms with Gasteiger partial charge in [-0.15, -0.1) is 0 Å². The molecule has 0 bridgehead atoms. The zero-order valence-electron chi connectivity index (χ0n) is 10.7. The Bertz CT molecular complexity index is 469. The first kappa shape index (κ1) is 15.5. The van der Waals surface area contributed by atoms with E-state index in [-0.39, 0.29) is 5.75 Å². The third-order valence-electron chi connectivity index (χ3n) is 2.33. The highest BCUT2D eigenvalue weighted by Crippen LogP contribution is 2.20. The van der Waals surface area contributed by atoms with Crippen molar-refractivity contribution in [1.29, 1.82) is 0 Å². The molecule has 6 heteroatoms. The minimum Gasteiger partial charge on any atom is -0.317 e. The lowest BCUT2D eigenvalue weighted by Crippen LogP contribution is -2.21. The van der Waals surface area contributed by atoms with E-state index in [9.17, 15) is 8.42 Å². The fourth-order valence-corrected chi connectivity index (χ4v) is 3.30. The van der Waals surface area contributed by atoms with Gasteiger partial charge in [0.1, 0.15) is 0 Å². The second kappa shape index (κ2) is 7.11. The van der Waals surface area contributed by atoms with Gasteiger partial charge in [-0.3, -0.25) is 4.72 Å². The van der Waals surface area contributed by atoms with Crippen molar-refractivity contribution in [1.82, 2.24) is 5.32 Å². The van der Waals surface area contributed by atoms with Gasteiger partial charge in [0.25, 0.3) is 0 Å². The number of benzene rings is 1. The van der Waals surface area contributed by atoms with Crippen LogP contribution in [0.4, 0.5) is 5.69 Å². The van der Waals surface area contributed by atoms with Crippen molar-refractivity contribution in [2.24, 2.45) is 0 Å². The number of anilines is 1. The molecule has 1 rings (SSSR count). The molecule has 0 atom stereocenters. The molecule has 0 aliphatic carbocycles. The molecule has 102 valence electrons. The Labute approximate surface area is 117 Å². The van der Waals surface area contributed by atoms with Gasteiger partial charge in [0.2, 0.25) is 10.0 Å².